The molecule has 0 saturated heterocycles. The second-order valence-electron chi connectivity index (χ2n) is 4.25. The van der Waals surface area contributed by atoms with Crippen LogP contribution in [-0.2, 0) is 19.1 Å². The standard InChI is InChI=1S/C14H22O4S2/c1-9(2)13(15)17-11(5)19-7-8-20-12(6)18-14(16)10(3)4/h11-12H,1,3,7-8H2,2,4-6H3. The van der Waals surface area contributed by atoms with E-state index in [0.717, 1.165) is 11.5 Å². The van der Waals surface area contributed by atoms with E-state index in [9.17, 15) is 9.59 Å². The minimum absolute atomic E-state index is 0.215. The summed E-state index contributed by atoms with van der Waals surface area (Å²) in [7, 11) is 0. The second kappa shape index (κ2) is 9.94. The molecule has 0 heterocycles. The lowest BCUT2D eigenvalue weighted by Gasteiger charge is -2.14. The number of hydrogen-bond acceptors (Lipinski definition) is 6. The van der Waals surface area contributed by atoms with Crippen molar-refractivity contribution in [1.82, 2.24) is 0 Å². The molecule has 0 aromatic heterocycles. The summed E-state index contributed by atoms with van der Waals surface area (Å²) in [6.45, 7) is 13.9. The van der Waals surface area contributed by atoms with Gasteiger partial charge in [0.25, 0.3) is 0 Å². The van der Waals surface area contributed by atoms with Crippen LogP contribution in [-0.4, -0.2) is 34.3 Å². The highest BCUT2D eigenvalue weighted by Crippen LogP contribution is 2.19. The number of ether oxygens (including phenoxy) is 2. The molecule has 4 nitrogen and oxygen atoms in total. The van der Waals surface area contributed by atoms with Crippen LogP contribution < -0.4 is 0 Å². The number of esters is 2. The first-order valence-electron chi connectivity index (χ1n) is 6.20. The predicted molar refractivity (Wildman–Crippen MR) is 85.7 cm³/mol. The van der Waals surface area contributed by atoms with Crippen molar-refractivity contribution in [3.8, 4) is 0 Å². The molecule has 0 spiro atoms. The average Bonchev–Trinajstić information content (AvgIpc) is 2.34. The van der Waals surface area contributed by atoms with Gasteiger partial charge in [-0.15, -0.1) is 23.5 Å². The fourth-order valence-electron chi connectivity index (χ4n) is 0.999. The minimum atomic E-state index is -0.374. The fraction of sp³-hybridized carbons (Fsp3) is 0.571. The largest absolute Gasteiger partial charge is 0.448 e. The Kier molecular flexibility index (Phi) is 9.50. The van der Waals surface area contributed by atoms with E-state index in [1.165, 1.54) is 23.5 Å². The van der Waals surface area contributed by atoms with Crippen molar-refractivity contribution in [3.63, 3.8) is 0 Å². The van der Waals surface area contributed by atoms with Gasteiger partial charge in [0, 0.05) is 22.7 Å². The lowest BCUT2D eigenvalue weighted by Crippen LogP contribution is -2.14. The molecule has 0 aliphatic heterocycles. The highest BCUT2D eigenvalue weighted by atomic mass is 32.2. The monoisotopic (exact) mass is 318 g/mol. The van der Waals surface area contributed by atoms with Crippen molar-refractivity contribution >= 4 is 35.5 Å². The van der Waals surface area contributed by atoms with E-state index in [-0.39, 0.29) is 22.8 Å². The van der Waals surface area contributed by atoms with Gasteiger partial charge in [0.15, 0.2) is 0 Å². The zero-order valence-electron chi connectivity index (χ0n) is 12.4. The molecule has 0 aromatic carbocycles. The fourth-order valence-corrected chi connectivity index (χ4v) is 2.74. The first-order valence-corrected chi connectivity index (χ1v) is 8.30. The smallest absolute Gasteiger partial charge is 0.334 e. The molecule has 2 unspecified atom stereocenters. The molecule has 6 heteroatoms. The summed E-state index contributed by atoms with van der Waals surface area (Å²) in [5.74, 6) is 0.844. The SMILES string of the molecule is C=C(C)C(=O)OC(C)SCCSC(C)OC(=O)C(=C)C. The lowest BCUT2D eigenvalue weighted by molar-refractivity contribution is -0.140. The summed E-state index contributed by atoms with van der Waals surface area (Å²) in [6, 6.07) is 0. The maximum absolute atomic E-state index is 11.3. The van der Waals surface area contributed by atoms with E-state index >= 15 is 0 Å². The number of rotatable bonds is 9. The zero-order chi connectivity index (χ0) is 15.7. The van der Waals surface area contributed by atoms with E-state index in [4.69, 9.17) is 9.47 Å². The minimum Gasteiger partial charge on any atom is -0.448 e. The van der Waals surface area contributed by atoms with Crippen LogP contribution in [0.5, 0.6) is 0 Å². The van der Waals surface area contributed by atoms with Gasteiger partial charge in [0.2, 0.25) is 0 Å². The molecule has 0 N–H and O–H groups in total. The van der Waals surface area contributed by atoms with Crippen LogP contribution in [0.2, 0.25) is 0 Å². The third-order valence-corrected chi connectivity index (χ3v) is 4.30. The highest BCUT2D eigenvalue weighted by Gasteiger charge is 2.12. The van der Waals surface area contributed by atoms with E-state index in [1.807, 2.05) is 13.8 Å². The van der Waals surface area contributed by atoms with E-state index in [2.05, 4.69) is 13.2 Å². The Morgan fingerprint density at radius 2 is 1.20 bits per heavy atom. The van der Waals surface area contributed by atoms with Gasteiger partial charge in [-0.1, -0.05) is 13.2 Å². The topological polar surface area (TPSA) is 52.6 Å². The van der Waals surface area contributed by atoms with Crippen molar-refractivity contribution in [2.24, 2.45) is 0 Å². The maximum atomic E-state index is 11.3. The molecular weight excluding hydrogens is 296 g/mol. The van der Waals surface area contributed by atoms with Gasteiger partial charge in [-0.05, 0) is 27.7 Å². The van der Waals surface area contributed by atoms with Gasteiger partial charge >= 0.3 is 11.9 Å². The molecule has 0 bridgehead atoms. The first-order chi connectivity index (χ1) is 9.23. The van der Waals surface area contributed by atoms with Crippen LogP contribution in [0.4, 0.5) is 0 Å². The first kappa shape index (κ1) is 19.1. The number of carbonyl (C=O) groups is 2. The molecule has 0 aromatic rings. The van der Waals surface area contributed by atoms with Crippen LogP contribution in [0.25, 0.3) is 0 Å². The molecule has 2 atom stereocenters. The van der Waals surface area contributed by atoms with Gasteiger partial charge in [0.1, 0.15) is 10.9 Å². The highest BCUT2D eigenvalue weighted by molar-refractivity contribution is 8.03. The Morgan fingerprint density at radius 3 is 1.45 bits per heavy atom. The van der Waals surface area contributed by atoms with E-state index in [0.29, 0.717) is 11.1 Å². The number of thioether (sulfide) groups is 2. The lowest BCUT2D eigenvalue weighted by atomic mass is 10.4. The number of hydrogen-bond donors (Lipinski definition) is 0. The van der Waals surface area contributed by atoms with Gasteiger partial charge < -0.3 is 9.47 Å². The quantitative estimate of drug-likeness (QED) is 0.281. The average molecular weight is 318 g/mol. The van der Waals surface area contributed by atoms with Gasteiger partial charge in [-0.2, -0.15) is 0 Å². The van der Waals surface area contributed by atoms with Crippen LogP contribution in [0, 0.1) is 0 Å². The van der Waals surface area contributed by atoms with Crippen LogP contribution >= 0.6 is 23.5 Å². The summed E-state index contributed by atoms with van der Waals surface area (Å²) in [5, 5.41) is 0. The molecule has 0 rings (SSSR count). The van der Waals surface area contributed by atoms with Crippen molar-refractivity contribution in [3.05, 3.63) is 24.3 Å². The van der Waals surface area contributed by atoms with Gasteiger partial charge in [-0.25, -0.2) is 9.59 Å². The Morgan fingerprint density at radius 1 is 0.900 bits per heavy atom. The van der Waals surface area contributed by atoms with Gasteiger partial charge in [0.05, 0.1) is 0 Å². The Hall–Kier alpha value is -0.880. The van der Waals surface area contributed by atoms with Crippen LogP contribution in [0.3, 0.4) is 0 Å². The third-order valence-electron chi connectivity index (χ3n) is 2.03. The molecule has 0 saturated carbocycles. The molecule has 0 amide bonds. The Labute approximate surface area is 129 Å². The van der Waals surface area contributed by atoms with Crippen molar-refractivity contribution in [2.45, 2.75) is 38.6 Å². The zero-order valence-corrected chi connectivity index (χ0v) is 14.1. The molecule has 114 valence electrons. The van der Waals surface area contributed by atoms with Crippen molar-refractivity contribution in [1.29, 1.82) is 0 Å². The third kappa shape index (κ3) is 9.09. The van der Waals surface area contributed by atoms with Crippen molar-refractivity contribution in [2.75, 3.05) is 11.5 Å². The predicted octanol–water partition coefficient (Wildman–Crippen LogP) is 3.38. The Bertz CT molecular complexity index is 343. The molecule has 0 fully saturated rings. The Balaban J connectivity index is 3.75. The molecule has 0 aliphatic carbocycles. The van der Waals surface area contributed by atoms with Gasteiger partial charge in [-0.3, -0.25) is 0 Å². The summed E-state index contributed by atoms with van der Waals surface area (Å²) < 4.78 is 10.3. The number of carbonyl (C=O) groups excluding carboxylic acids is 2. The van der Waals surface area contributed by atoms with Crippen LogP contribution in [0.1, 0.15) is 27.7 Å². The van der Waals surface area contributed by atoms with E-state index in [1.54, 1.807) is 13.8 Å². The molecule has 20 heavy (non-hydrogen) atoms. The summed E-state index contributed by atoms with van der Waals surface area (Å²) in [5.41, 5.74) is 0.362. The van der Waals surface area contributed by atoms with E-state index < -0.39 is 0 Å². The second-order valence-corrected chi connectivity index (χ2v) is 7.06. The summed E-state index contributed by atoms with van der Waals surface area (Å²) in [4.78, 5) is 22.5. The molecule has 0 radical (unpaired) electrons. The molecule has 0 aliphatic rings. The summed E-state index contributed by atoms with van der Waals surface area (Å²) >= 11 is 3.05. The maximum Gasteiger partial charge on any atom is 0.334 e. The normalized spacial score (nSPS) is 13.2. The molecular formula is C14H22O4S2. The van der Waals surface area contributed by atoms with Crippen LogP contribution in [0.15, 0.2) is 24.3 Å². The summed E-state index contributed by atoms with van der Waals surface area (Å²) in [6.07, 6.45) is 0. The van der Waals surface area contributed by atoms with Crippen molar-refractivity contribution < 1.29 is 19.1 Å².